The van der Waals surface area contributed by atoms with Gasteiger partial charge in [0.15, 0.2) is 0 Å². The Labute approximate surface area is 92.0 Å². The summed E-state index contributed by atoms with van der Waals surface area (Å²) in [6, 6.07) is 4.27. The zero-order chi connectivity index (χ0) is 9.52. The summed E-state index contributed by atoms with van der Waals surface area (Å²) in [6.07, 6.45) is 4.11. The van der Waals surface area contributed by atoms with E-state index in [1.807, 2.05) is 17.4 Å². The minimum Gasteiger partial charge on any atom is -0.316 e. The summed E-state index contributed by atoms with van der Waals surface area (Å²) >= 11 is 5.26. The fourth-order valence-electron chi connectivity index (χ4n) is 1.03. The predicted molar refractivity (Wildman–Crippen MR) is 63.4 cm³/mol. The molecule has 0 aromatic carbocycles. The number of thiophene rings is 1. The maximum Gasteiger partial charge on any atom is 0.0701 e. The van der Waals surface area contributed by atoms with Crippen LogP contribution in [0.15, 0.2) is 28.6 Å². The second-order valence-corrected chi connectivity index (χ2v) is 5.33. The summed E-state index contributed by atoms with van der Waals surface area (Å²) in [6.45, 7) is 5.77. The van der Waals surface area contributed by atoms with Crippen molar-refractivity contribution in [2.24, 2.45) is 0 Å². The largest absolute Gasteiger partial charge is 0.316 e. The summed E-state index contributed by atoms with van der Waals surface area (Å²) in [5.41, 5.74) is 0. The molecule has 0 radical (unpaired) electrons. The van der Waals surface area contributed by atoms with Gasteiger partial charge >= 0.3 is 0 Å². The van der Waals surface area contributed by atoms with E-state index in [0.717, 1.165) is 25.9 Å². The van der Waals surface area contributed by atoms with Crippen LogP contribution in [0.3, 0.4) is 0 Å². The highest BCUT2D eigenvalue weighted by atomic mass is 79.9. The number of rotatable bonds is 6. The van der Waals surface area contributed by atoms with Crippen LogP contribution in [0.4, 0.5) is 0 Å². The van der Waals surface area contributed by atoms with E-state index in [-0.39, 0.29) is 0 Å². The van der Waals surface area contributed by atoms with Crippen molar-refractivity contribution in [3.8, 4) is 0 Å². The van der Waals surface area contributed by atoms with Gasteiger partial charge in [-0.1, -0.05) is 6.08 Å². The second kappa shape index (κ2) is 6.35. The zero-order valence-electron chi connectivity index (χ0n) is 7.55. The monoisotopic (exact) mass is 259 g/mol. The number of nitrogens with one attached hydrogen (secondary N) is 1. The lowest BCUT2D eigenvalue weighted by molar-refractivity contribution is 0.693. The Morgan fingerprint density at radius 1 is 1.46 bits per heavy atom. The molecular formula is C10H14BrNS. The quantitative estimate of drug-likeness (QED) is 0.611. The molecule has 1 aromatic heterocycles. The van der Waals surface area contributed by atoms with Gasteiger partial charge < -0.3 is 5.32 Å². The molecule has 0 atom stereocenters. The van der Waals surface area contributed by atoms with Crippen molar-refractivity contribution < 1.29 is 0 Å². The van der Waals surface area contributed by atoms with Gasteiger partial charge in [0, 0.05) is 4.88 Å². The van der Waals surface area contributed by atoms with Crippen LogP contribution in [0.1, 0.15) is 11.3 Å². The standard InChI is InChI=1S/C10H14BrNS/c1-2-3-7-12-8-6-9-4-5-10(11)13-9/h2,4-5,12H,1,3,6-8H2. The van der Waals surface area contributed by atoms with Crippen LogP contribution in [0.2, 0.25) is 0 Å². The third-order valence-corrected chi connectivity index (χ3v) is 3.39. The van der Waals surface area contributed by atoms with E-state index in [9.17, 15) is 0 Å². The predicted octanol–water partition coefficient (Wildman–Crippen LogP) is 3.22. The topological polar surface area (TPSA) is 12.0 Å². The zero-order valence-corrected chi connectivity index (χ0v) is 9.96. The highest BCUT2D eigenvalue weighted by molar-refractivity contribution is 9.11. The normalized spacial score (nSPS) is 10.2. The van der Waals surface area contributed by atoms with E-state index < -0.39 is 0 Å². The van der Waals surface area contributed by atoms with Crippen LogP contribution < -0.4 is 5.32 Å². The molecule has 1 rings (SSSR count). The Hall–Kier alpha value is -0.120. The van der Waals surface area contributed by atoms with E-state index in [4.69, 9.17) is 0 Å². The molecule has 0 aliphatic heterocycles. The molecule has 1 aromatic rings. The minimum absolute atomic E-state index is 1.04. The van der Waals surface area contributed by atoms with Crippen molar-refractivity contribution in [3.05, 3.63) is 33.5 Å². The molecule has 1 heterocycles. The van der Waals surface area contributed by atoms with Crippen molar-refractivity contribution in [2.45, 2.75) is 12.8 Å². The first-order valence-corrected chi connectivity index (χ1v) is 5.99. The molecule has 3 heteroatoms. The molecular weight excluding hydrogens is 246 g/mol. The van der Waals surface area contributed by atoms with E-state index >= 15 is 0 Å². The molecule has 0 amide bonds. The number of halogens is 1. The summed E-state index contributed by atoms with van der Waals surface area (Å²) in [7, 11) is 0. The molecule has 1 nitrogen and oxygen atoms in total. The van der Waals surface area contributed by atoms with Crippen molar-refractivity contribution in [1.82, 2.24) is 5.32 Å². The van der Waals surface area contributed by atoms with E-state index in [2.05, 4.69) is 40.0 Å². The fourth-order valence-corrected chi connectivity index (χ4v) is 2.51. The summed E-state index contributed by atoms with van der Waals surface area (Å²) in [5.74, 6) is 0. The summed E-state index contributed by atoms with van der Waals surface area (Å²) in [4.78, 5) is 1.43. The Morgan fingerprint density at radius 3 is 2.92 bits per heavy atom. The van der Waals surface area contributed by atoms with E-state index in [0.29, 0.717) is 0 Å². The van der Waals surface area contributed by atoms with Gasteiger partial charge in [-0.15, -0.1) is 17.9 Å². The number of hydrogen-bond donors (Lipinski definition) is 1. The Bertz CT molecular complexity index is 257. The van der Waals surface area contributed by atoms with Crippen LogP contribution >= 0.6 is 27.3 Å². The van der Waals surface area contributed by atoms with Crippen LogP contribution in [-0.2, 0) is 6.42 Å². The first-order chi connectivity index (χ1) is 6.33. The summed E-state index contributed by atoms with van der Waals surface area (Å²) in [5, 5.41) is 3.36. The first-order valence-electron chi connectivity index (χ1n) is 4.39. The Morgan fingerprint density at radius 2 is 2.31 bits per heavy atom. The van der Waals surface area contributed by atoms with Crippen molar-refractivity contribution >= 4 is 27.3 Å². The van der Waals surface area contributed by atoms with Gasteiger partial charge in [-0.2, -0.15) is 0 Å². The average molecular weight is 260 g/mol. The molecule has 0 fully saturated rings. The lowest BCUT2D eigenvalue weighted by atomic mass is 10.3. The van der Waals surface area contributed by atoms with E-state index in [1.54, 1.807) is 0 Å². The molecule has 0 aliphatic carbocycles. The molecule has 0 unspecified atom stereocenters. The van der Waals surface area contributed by atoms with Gasteiger partial charge in [-0.05, 0) is 54.0 Å². The highest BCUT2D eigenvalue weighted by Crippen LogP contribution is 2.21. The van der Waals surface area contributed by atoms with Gasteiger partial charge in [0.1, 0.15) is 0 Å². The van der Waals surface area contributed by atoms with Gasteiger partial charge in [-0.25, -0.2) is 0 Å². The maximum absolute atomic E-state index is 3.68. The van der Waals surface area contributed by atoms with Gasteiger partial charge in [0.05, 0.1) is 3.79 Å². The molecule has 13 heavy (non-hydrogen) atoms. The lowest BCUT2D eigenvalue weighted by Crippen LogP contribution is -2.17. The van der Waals surface area contributed by atoms with Crippen LogP contribution in [0, 0.1) is 0 Å². The van der Waals surface area contributed by atoms with Crippen molar-refractivity contribution in [3.63, 3.8) is 0 Å². The van der Waals surface area contributed by atoms with Crippen LogP contribution in [-0.4, -0.2) is 13.1 Å². The van der Waals surface area contributed by atoms with Gasteiger partial charge in [0.25, 0.3) is 0 Å². The first kappa shape index (κ1) is 11.0. The van der Waals surface area contributed by atoms with Crippen molar-refractivity contribution in [1.29, 1.82) is 0 Å². The second-order valence-electron chi connectivity index (χ2n) is 2.78. The summed E-state index contributed by atoms with van der Waals surface area (Å²) < 4.78 is 1.22. The molecule has 1 N–H and O–H groups in total. The fraction of sp³-hybridized carbons (Fsp3) is 0.400. The molecule has 0 saturated carbocycles. The molecule has 0 saturated heterocycles. The maximum atomic E-state index is 3.68. The Kier molecular flexibility index (Phi) is 5.35. The smallest absolute Gasteiger partial charge is 0.0701 e. The average Bonchev–Trinajstić information content (AvgIpc) is 2.51. The molecule has 0 bridgehead atoms. The molecule has 72 valence electrons. The Balaban J connectivity index is 2.09. The lowest BCUT2D eigenvalue weighted by Gasteiger charge is -2.00. The highest BCUT2D eigenvalue weighted by Gasteiger charge is 1.96. The molecule has 0 spiro atoms. The van der Waals surface area contributed by atoms with E-state index in [1.165, 1.54) is 8.66 Å². The van der Waals surface area contributed by atoms with Crippen molar-refractivity contribution in [2.75, 3.05) is 13.1 Å². The van der Waals surface area contributed by atoms with Crippen LogP contribution in [0.5, 0.6) is 0 Å². The SMILES string of the molecule is C=CCCNCCc1ccc(Br)s1. The van der Waals surface area contributed by atoms with Gasteiger partial charge in [-0.3, -0.25) is 0 Å². The van der Waals surface area contributed by atoms with Gasteiger partial charge in [0.2, 0.25) is 0 Å². The number of hydrogen-bond acceptors (Lipinski definition) is 2. The molecule has 0 aliphatic rings. The van der Waals surface area contributed by atoms with Crippen LogP contribution in [0.25, 0.3) is 0 Å². The third kappa shape index (κ3) is 4.60. The minimum atomic E-state index is 1.04. The third-order valence-electron chi connectivity index (χ3n) is 1.70.